The summed E-state index contributed by atoms with van der Waals surface area (Å²) in [5.41, 5.74) is 0. The van der Waals surface area contributed by atoms with Crippen molar-refractivity contribution in [1.29, 1.82) is 0 Å². The van der Waals surface area contributed by atoms with Crippen LogP contribution in [0.25, 0.3) is 0 Å². The summed E-state index contributed by atoms with van der Waals surface area (Å²) in [6.07, 6.45) is 76.0. The topological polar surface area (TPSA) is 111 Å². The molecule has 0 bridgehead atoms. The molecule has 0 N–H and O–H groups in total. The number of likely N-dealkylation sites (N-methyl/N-ethyl adjacent to an activating group) is 1. The van der Waals surface area contributed by atoms with Gasteiger partial charge in [0.25, 0.3) is 0 Å². The molecular formula is C68H117NO8. The molecule has 9 nitrogen and oxygen atoms in total. The lowest BCUT2D eigenvalue weighted by Gasteiger charge is -2.26. The van der Waals surface area contributed by atoms with Crippen molar-refractivity contribution >= 4 is 17.9 Å². The van der Waals surface area contributed by atoms with Crippen molar-refractivity contribution in [1.82, 2.24) is 0 Å². The van der Waals surface area contributed by atoms with Crippen LogP contribution >= 0.6 is 0 Å². The number of esters is 2. The lowest BCUT2D eigenvalue weighted by atomic mass is 10.0. The zero-order valence-electron chi connectivity index (χ0n) is 50.3. The van der Waals surface area contributed by atoms with Gasteiger partial charge in [0.2, 0.25) is 0 Å². The molecule has 0 spiro atoms. The van der Waals surface area contributed by atoms with Crippen molar-refractivity contribution in [2.45, 2.75) is 270 Å². The first-order valence-electron chi connectivity index (χ1n) is 31.4. The molecule has 9 heteroatoms. The van der Waals surface area contributed by atoms with Crippen LogP contribution in [0.5, 0.6) is 0 Å². The van der Waals surface area contributed by atoms with Crippen molar-refractivity contribution in [3.8, 4) is 0 Å². The maximum absolute atomic E-state index is 12.9. The summed E-state index contributed by atoms with van der Waals surface area (Å²) in [7, 11) is 5.92. The molecule has 0 aromatic rings. The van der Waals surface area contributed by atoms with E-state index in [0.29, 0.717) is 17.4 Å². The maximum Gasteiger partial charge on any atom is 0.306 e. The highest BCUT2D eigenvalue weighted by Crippen LogP contribution is 2.16. The van der Waals surface area contributed by atoms with Gasteiger partial charge in [-0.1, -0.05) is 246 Å². The highest BCUT2D eigenvalue weighted by atomic mass is 16.7. The molecule has 0 saturated carbocycles. The highest BCUT2D eigenvalue weighted by Gasteiger charge is 2.22. The van der Waals surface area contributed by atoms with Gasteiger partial charge in [0.05, 0.1) is 40.3 Å². The first-order chi connectivity index (χ1) is 37.6. The average Bonchev–Trinajstić information content (AvgIpc) is 3.40. The van der Waals surface area contributed by atoms with Gasteiger partial charge in [-0.3, -0.25) is 9.59 Å². The average molecular weight is 1080 g/mol. The minimum atomic E-state index is -1.63. The first kappa shape index (κ1) is 73.2. The Balaban J connectivity index is 4.20. The number of hydrogen-bond acceptors (Lipinski definition) is 8. The number of quaternary nitrogens is 1. The number of carbonyl (C=O) groups is 3. The van der Waals surface area contributed by atoms with Crippen LogP contribution in [-0.4, -0.2) is 82.3 Å². The second-order valence-electron chi connectivity index (χ2n) is 22.0. The van der Waals surface area contributed by atoms with Crippen LogP contribution in [0.15, 0.2) is 97.2 Å². The van der Waals surface area contributed by atoms with Crippen molar-refractivity contribution in [3.05, 3.63) is 97.2 Å². The molecule has 0 aliphatic rings. The van der Waals surface area contributed by atoms with Gasteiger partial charge in [-0.25, -0.2) is 0 Å². The summed E-state index contributed by atoms with van der Waals surface area (Å²) in [4.78, 5) is 37.4. The number of allylic oxidation sites excluding steroid dienone is 16. The van der Waals surface area contributed by atoms with Crippen LogP contribution in [0.4, 0.5) is 0 Å². The van der Waals surface area contributed by atoms with E-state index >= 15 is 0 Å². The zero-order chi connectivity index (χ0) is 56.2. The number of hydrogen-bond donors (Lipinski definition) is 0. The second-order valence-corrected chi connectivity index (χ2v) is 22.0. The maximum atomic E-state index is 12.9. The second kappa shape index (κ2) is 58.4. The SMILES string of the molecule is CC/C=C\C/C=C\C/C=C\C/C=C\C/C=C\CCCCCCCCCCCCCCCCCC(=O)OC(COC(=O)CCCCCCCC/C=C\C/C=C\C/C=C\CCCCCCC)COC(OCC[N+](C)(C)C)C(=O)[O-]. The van der Waals surface area contributed by atoms with E-state index in [1.54, 1.807) is 0 Å². The van der Waals surface area contributed by atoms with Crippen molar-refractivity contribution in [3.63, 3.8) is 0 Å². The predicted molar refractivity (Wildman–Crippen MR) is 324 cm³/mol. The van der Waals surface area contributed by atoms with E-state index in [4.69, 9.17) is 18.9 Å². The number of ether oxygens (including phenoxy) is 4. The van der Waals surface area contributed by atoms with Gasteiger partial charge in [0, 0.05) is 12.8 Å². The highest BCUT2D eigenvalue weighted by molar-refractivity contribution is 5.70. The summed E-state index contributed by atoms with van der Waals surface area (Å²) >= 11 is 0. The molecule has 0 heterocycles. The Morgan fingerprint density at radius 3 is 1.10 bits per heavy atom. The van der Waals surface area contributed by atoms with Crippen LogP contribution in [0.2, 0.25) is 0 Å². The lowest BCUT2D eigenvalue weighted by molar-refractivity contribution is -0.870. The molecule has 2 unspecified atom stereocenters. The standard InChI is InChI=1S/C68H117NO8/c1-6-8-10-12-14-16-18-20-22-24-26-28-29-30-31-32-33-34-35-36-37-39-41-43-45-47-49-51-53-55-57-59-66(71)77-64(63-76-68(67(72)73)74-61-60-69(3,4)5)62-75-65(70)58-56-54-52-50-48-46-44-42-40-38-27-25-23-21-19-17-15-13-11-9-7-2/h8,10,14,16,19-22,25-28,30-31,40,42,64,68H,6-7,9,11-13,15,17-18,23-24,29,32-39,41,43-63H2,1-5H3/b10-8-,16-14-,21-19-,22-20-,27-25-,28-26-,31-30-,42-40-. The third kappa shape index (κ3) is 59.7. The number of carboxylic acids is 1. The molecule has 442 valence electrons. The molecule has 0 rings (SSSR count). The molecule has 0 aromatic heterocycles. The number of carboxylic acid groups (broad SMARTS) is 1. The minimum absolute atomic E-state index is 0.142. The van der Waals surface area contributed by atoms with Crippen LogP contribution in [-0.2, 0) is 33.3 Å². The number of rotatable bonds is 57. The van der Waals surface area contributed by atoms with E-state index in [-0.39, 0.29) is 38.6 Å². The molecule has 0 aliphatic heterocycles. The van der Waals surface area contributed by atoms with Gasteiger partial charge in [0.15, 0.2) is 12.4 Å². The smallest absolute Gasteiger partial charge is 0.306 e. The Bertz CT molecular complexity index is 1580. The normalized spacial score (nSPS) is 13.4. The third-order valence-corrected chi connectivity index (χ3v) is 13.3. The summed E-state index contributed by atoms with van der Waals surface area (Å²) in [6, 6.07) is 0. The van der Waals surface area contributed by atoms with Gasteiger partial charge in [0.1, 0.15) is 13.2 Å². The summed E-state index contributed by atoms with van der Waals surface area (Å²) < 4.78 is 22.7. The van der Waals surface area contributed by atoms with Gasteiger partial charge in [-0.2, -0.15) is 0 Å². The largest absolute Gasteiger partial charge is 0.545 e. The van der Waals surface area contributed by atoms with Crippen molar-refractivity contribution in [2.24, 2.45) is 0 Å². The van der Waals surface area contributed by atoms with E-state index in [0.717, 1.165) is 96.3 Å². The Kier molecular flexibility index (Phi) is 55.5. The van der Waals surface area contributed by atoms with E-state index in [1.807, 2.05) is 21.1 Å². The number of unbranched alkanes of at least 4 members (excludes halogenated alkanes) is 26. The van der Waals surface area contributed by atoms with Crippen molar-refractivity contribution < 1.29 is 42.9 Å². The fourth-order valence-electron chi connectivity index (χ4n) is 8.51. The van der Waals surface area contributed by atoms with Crippen LogP contribution in [0, 0.1) is 0 Å². The predicted octanol–water partition coefficient (Wildman–Crippen LogP) is 17.6. The van der Waals surface area contributed by atoms with Crippen LogP contribution in [0.3, 0.4) is 0 Å². The van der Waals surface area contributed by atoms with Gasteiger partial charge >= 0.3 is 11.9 Å². The Morgan fingerprint density at radius 2 is 0.740 bits per heavy atom. The van der Waals surface area contributed by atoms with E-state index < -0.39 is 24.3 Å². The molecule has 77 heavy (non-hydrogen) atoms. The molecule has 0 saturated heterocycles. The van der Waals surface area contributed by atoms with E-state index in [1.165, 1.54) is 128 Å². The summed E-state index contributed by atoms with van der Waals surface area (Å²) in [5.74, 6) is -2.30. The number of aliphatic carboxylic acids is 1. The van der Waals surface area contributed by atoms with Gasteiger partial charge in [-0.05, 0) is 96.3 Å². The van der Waals surface area contributed by atoms with Crippen molar-refractivity contribution in [2.75, 3.05) is 47.5 Å². The molecule has 0 aliphatic carbocycles. The van der Waals surface area contributed by atoms with Crippen LogP contribution in [0.1, 0.15) is 258 Å². The molecule has 0 fully saturated rings. The Labute approximate surface area is 473 Å². The summed E-state index contributed by atoms with van der Waals surface area (Å²) in [5, 5.41) is 11.8. The summed E-state index contributed by atoms with van der Waals surface area (Å²) in [6.45, 7) is 4.62. The number of carbonyl (C=O) groups excluding carboxylic acids is 3. The van der Waals surface area contributed by atoms with Crippen LogP contribution < -0.4 is 5.11 Å². The van der Waals surface area contributed by atoms with Gasteiger partial charge < -0.3 is 33.3 Å². The molecule has 0 radical (unpaired) electrons. The van der Waals surface area contributed by atoms with Gasteiger partial charge in [-0.15, -0.1) is 0 Å². The Hall–Kier alpha value is -3.79. The minimum Gasteiger partial charge on any atom is -0.545 e. The fraction of sp³-hybridized carbons (Fsp3) is 0.721. The molecule has 0 aromatic carbocycles. The fourth-order valence-corrected chi connectivity index (χ4v) is 8.51. The third-order valence-electron chi connectivity index (χ3n) is 13.3. The quantitative estimate of drug-likeness (QED) is 0.0195. The monoisotopic (exact) mass is 1080 g/mol. The molecule has 0 amide bonds. The molecular weight excluding hydrogens is 959 g/mol. The Morgan fingerprint density at radius 1 is 0.403 bits per heavy atom. The van der Waals surface area contributed by atoms with E-state index in [9.17, 15) is 19.5 Å². The van der Waals surface area contributed by atoms with E-state index in [2.05, 4.69) is 111 Å². The first-order valence-corrected chi connectivity index (χ1v) is 31.4. The molecule has 2 atom stereocenters. The zero-order valence-corrected chi connectivity index (χ0v) is 50.3. The lowest BCUT2D eigenvalue weighted by Crippen LogP contribution is -2.44. The number of nitrogens with zero attached hydrogens (tertiary/aromatic N) is 1.